The molecule has 4 nitrogen and oxygen atoms in total. The minimum atomic E-state index is -0.407. The first kappa shape index (κ1) is 14.4. The lowest BCUT2D eigenvalue weighted by Gasteiger charge is -2.49. The molecule has 0 rings (SSSR count). The minimum Gasteiger partial charge on any atom is -0.494 e. The summed E-state index contributed by atoms with van der Waals surface area (Å²) in [7, 11) is 12.1. The molecule has 0 aliphatic carbocycles. The Balaban J connectivity index is 5.22. The van der Waals surface area contributed by atoms with E-state index in [4.69, 9.17) is 4.74 Å². The first-order valence-corrected chi connectivity index (χ1v) is 5.16. The van der Waals surface area contributed by atoms with Crippen molar-refractivity contribution in [1.29, 1.82) is 0 Å². The highest BCUT2D eigenvalue weighted by Crippen LogP contribution is 2.26. The highest BCUT2D eigenvalue weighted by atomic mass is 16.5. The van der Waals surface area contributed by atoms with Gasteiger partial charge in [0.15, 0.2) is 5.79 Å². The molecular weight excluding hydrogens is 190 g/mol. The van der Waals surface area contributed by atoms with Crippen molar-refractivity contribution in [3.8, 4) is 0 Å². The van der Waals surface area contributed by atoms with Gasteiger partial charge in [-0.2, -0.15) is 0 Å². The van der Waals surface area contributed by atoms with Crippen molar-refractivity contribution in [1.82, 2.24) is 14.7 Å². The zero-order chi connectivity index (χ0) is 12.2. The van der Waals surface area contributed by atoms with Crippen LogP contribution < -0.4 is 0 Å². The Kier molecular flexibility index (Phi) is 5.28. The van der Waals surface area contributed by atoms with Gasteiger partial charge in [0.25, 0.3) is 0 Å². The second-order valence-electron chi connectivity index (χ2n) is 4.17. The van der Waals surface area contributed by atoms with Gasteiger partial charge in [0, 0.05) is 0 Å². The van der Waals surface area contributed by atoms with Crippen LogP contribution in [0.2, 0.25) is 0 Å². The van der Waals surface area contributed by atoms with Crippen molar-refractivity contribution in [2.45, 2.75) is 12.7 Å². The number of nitrogens with zero attached hydrogens (tertiary/aromatic N) is 3. The smallest absolute Gasteiger partial charge is 0.189 e. The monoisotopic (exact) mass is 215 g/mol. The highest BCUT2D eigenvalue weighted by Gasteiger charge is 2.42. The molecule has 0 saturated heterocycles. The molecule has 0 aliphatic rings. The van der Waals surface area contributed by atoms with Crippen LogP contribution in [0.15, 0.2) is 12.3 Å². The summed E-state index contributed by atoms with van der Waals surface area (Å²) in [5.74, 6) is 0.334. The summed E-state index contributed by atoms with van der Waals surface area (Å²) in [5, 5.41) is 0. The molecule has 0 bridgehead atoms. The predicted octanol–water partition coefficient (Wildman–Crippen LogP) is 0.875. The van der Waals surface area contributed by atoms with Crippen LogP contribution in [-0.2, 0) is 4.74 Å². The Morgan fingerprint density at radius 2 is 1.33 bits per heavy atom. The summed E-state index contributed by atoms with van der Waals surface area (Å²) in [6.45, 7) is 6.64. The molecule has 0 aromatic rings. The fourth-order valence-electron chi connectivity index (χ4n) is 2.22. The second kappa shape index (κ2) is 5.49. The van der Waals surface area contributed by atoms with Crippen LogP contribution in [0.5, 0.6) is 0 Å². The van der Waals surface area contributed by atoms with E-state index in [1.54, 1.807) is 0 Å². The summed E-state index contributed by atoms with van der Waals surface area (Å²) >= 11 is 0. The van der Waals surface area contributed by atoms with Crippen LogP contribution in [0, 0.1) is 0 Å². The van der Waals surface area contributed by atoms with Gasteiger partial charge < -0.3 is 4.74 Å². The fraction of sp³-hybridized carbons (Fsp3) is 0.818. The Bertz CT molecular complexity index is 190. The van der Waals surface area contributed by atoms with Crippen LogP contribution in [0.25, 0.3) is 0 Å². The third-order valence-electron chi connectivity index (χ3n) is 2.56. The van der Waals surface area contributed by atoms with Gasteiger partial charge in [-0.3, -0.25) is 14.7 Å². The van der Waals surface area contributed by atoms with Gasteiger partial charge >= 0.3 is 0 Å². The summed E-state index contributed by atoms with van der Waals surface area (Å²) in [5.41, 5.74) is 0. The standard InChI is InChI=1S/C11H25N3O/c1-9-15-10(2)11(12(3)4,13(5)6)14(7)8/h2,9H2,1,3-8H3. The van der Waals surface area contributed by atoms with Crippen LogP contribution in [0.3, 0.4) is 0 Å². The Labute approximate surface area is 94.1 Å². The lowest BCUT2D eigenvalue weighted by Crippen LogP contribution is -2.65. The van der Waals surface area contributed by atoms with Crippen molar-refractivity contribution < 1.29 is 4.74 Å². The van der Waals surface area contributed by atoms with E-state index in [1.807, 2.05) is 49.2 Å². The molecule has 90 valence electrons. The average Bonchev–Trinajstić information content (AvgIpc) is 2.02. The van der Waals surface area contributed by atoms with Gasteiger partial charge in [-0.15, -0.1) is 0 Å². The number of ether oxygens (including phenoxy) is 1. The number of hydrogen-bond donors (Lipinski definition) is 0. The first-order valence-electron chi connectivity index (χ1n) is 5.16. The predicted molar refractivity (Wildman–Crippen MR) is 64.6 cm³/mol. The lowest BCUT2D eigenvalue weighted by molar-refractivity contribution is -0.111. The molecule has 0 aromatic carbocycles. The molecule has 0 fully saturated rings. The lowest BCUT2D eigenvalue weighted by atomic mass is 10.2. The van der Waals surface area contributed by atoms with Gasteiger partial charge in [-0.1, -0.05) is 6.58 Å². The molecule has 4 heteroatoms. The number of likely N-dealkylation sites (N-methyl/N-ethyl adjacent to an activating group) is 3. The van der Waals surface area contributed by atoms with Gasteiger partial charge in [-0.25, -0.2) is 0 Å². The zero-order valence-electron chi connectivity index (χ0n) is 11.2. The van der Waals surface area contributed by atoms with Crippen molar-refractivity contribution in [3.63, 3.8) is 0 Å². The van der Waals surface area contributed by atoms with Crippen molar-refractivity contribution in [2.75, 3.05) is 48.9 Å². The molecule has 0 aliphatic heterocycles. The summed E-state index contributed by atoms with van der Waals surface area (Å²) < 4.78 is 5.57. The third-order valence-corrected chi connectivity index (χ3v) is 2.56. The molecule has 0 atom stereocenters. The quantitative estimate of drug-likeness (QED) is 0.483. The van der Waals surface area contributed by atoms with Crippen LogP contribution >= 0.6 is 0 Å². The van der Waals surface area contributed by atoms with Crippen LogP contribution in [0.4, 0.5) is 0 Å². The minimum absolute atomic E-state index is 0.407. The van der Waals surface area contributed by atoms with E-state index < -0.39 is 5.79 Å². The van der Waals surface area contributed by atoms with Crippen LogP contribution in [0.1, 0.15) is 6.92 Å². The maximum Gasteiger partial charge on any atom is 0.189 e. The van der Waals surface area contributed by atoms with E-state index in [0.717, 1.165) is 5.76 Å². The molecule has 0 spiro atoms. The van der Waals surface area contributed by atoms with Crippen molar-refractivity contribution in [3.05, 3.63) is 12.3 Å². The Hall–Kier alpha value is -0.580. The fourth-order valence-corrected chi connectivity index (χ4v) is 2.22. The summed E-state index contributed by atoms with van der Waals surface area (Å²) in [4.78, 5) is 6.26. The third kappa shape index (κ3) is 2.51. The van der Waals surface area contributed by atoms with E-state index >= 15 is 0 Å². The maximum atomic E-state index is 5.57. The molecule has 0 radical (unpaired) electrons. The number of rotatable bonds is 6. The van der Waals surface area contributed by atoms with Gasteiger partial charge in [0.05, 0.1) is 6.61 Å². The summed E-state index contributed by atoms with van der Waals surface area (Å²) in [6.07, 6.45) is 0. The zero-order valence-corrected chi connectivity index (χ0v) is 11.2. The average molecular weight is 215 g/mol. The van der Waals surface area contributed by atoms with Crippen molar-refractivity contribution in [2.24, 2.45) is 0 Å². The van der Waals surface area contributed by atoms with E-state index in [9.17, 15) is 0 Å². The molecule has 0 heterocycles. The topological polar surface area (TPSA) is 19.0 Å². The molecule has 0 aromatic heterocycles. The normalized spacial score (nSPS) is 12.7. The van der Waals surface area contributed by atoms with E-state index in [1.165, 1.54) is 0 Å². The van der Waals surface area contributed by atoms with Gasteiger partial charge in [-0.05, 0) is 49.2 Å². The molecule has 0 unspecified atom stereocenters. The molecule has 0 N–H and O–H groups in total. The van der Waals surface area contributed by atoms with Gasteiger partial charge in [0.2, 0.25) is 0 Å². The molecule has 0 saturated carbocycles. The Morgan fingerprint density at radius 3 is 1.53 bits per heavy atom. The van der Waals surface area contributed by atoms with Crippen molar-refractivity contribution >= 4 is 0 Å². The molecule has 15 heavy (non-hydrogen) atoms. The Morgan fingerprint density at radius 1 is 1.00 bits per heavy atom. The number of hydrogen-bond acceptors (Lipinski definition) is 4. The van der Waals surface area contributed by atoms with E-state index in [-0.39, 0.29) is 0 Å². The highest BCUT2D eigenvalue weighted by molar-refractivity contribution is 5.07. The molecule has 0 amide bonds. The first-order chi connectivity index (χ1) is 6.81. The van der Waals surface area contributed by atoms with Crippen LogP contribution in [-0.4, -0.2) is 69.4 Å². The summed E-state index contributed by atoms with van der Waals surface area (Å²) in [6, 6.07) is 0. The largest absolute Gasteiger partial charge is 0.494 e. The SMILES string of the molecule is C=C(OCC)C(N(C)C)(N(C)C)N(C)C. The van der Waals surface area contributed by atoms with E-state index in [0.29, 0.717) is 6.61 Å². The van der Waals surface area contributed by atoms with E-state index in [2.05, 4.69) is 21.3 Å². The van der Waals surface area contributed by atoms with Gasteiger partial charge in [0.1, 0.15) is 5.76 Å². The molecular formula is C11H25N3O. The maximum absolute atomic E-state index is 5.57. The second-order valence-corrected chi connectivity index (χ2v) is 4.17.